The molecular weight excluding hydrogens is 196 g/mol. The van der Waals surface area contributed by atoms with Gasteiger partial charge in [-0.05, 0) is 41.2 Å². The molecule has 0 heterocycles. The first-order valence-corrected chi connectivity index (χ1v) is 5.47. The summed E-state index contributed by atoms with van der Waals surface area (Å²) in [5.74, 6) is 0. The van der Waals surface area contributed by atoms with Crippen LogP contribution in [0.5, 0.6) is 0 Å². The van der Waals surface area contributed by atoms with Gasteiger partial charge in [-0.25, -0.2) is 0 Å². The lowest BCUT2D eigenvalue weighted by Gasteiger charge is -2.06. The first-order valence-electron chi connectivity index (χ1n) is 5.47. The third-order valence-electron chi connectivity index (χ3n) is 3.36. The molecule has 0 aliphatic heterocycles. The normalized spacial score (nSPS) is 12.1. The molecule has 0 spiro atoms. The standard InChI is InChI=1S/C15H12O/c1-10-6-7-12(9-16)15-13-5-3-2-4-11(13)8-14(10)15/h2-7,9H,8H2,1H3. The fourth-order valence-electron chi connectivity index (χ4n) is 2.52. The predicted octanol–water partition coefficient (Wildman–Crippen LogP) is 3.38. The fraction of sp³-hybridized carbons (Fsp3) is 0.133. The minimum absolute atomic E-state index is 0.811. The van der Waals surface area contributed by atoms with Crippen LogP contribution >= 0.6 is 0 Å². The summed E-state index contributed by atoms with van der Waals surface area (Å²) in [4.78, 5) is 11.1. The molecule has 16 heavy (non-hydrogen) atoms. The topological polar surface area (TPSA) is 17.1 Å². The van der Waals surface area contributed by atoms with E-state index in [4.69, 9.17) is 0 Å². The Balaban J connectivity index is 2.37. The number of carbonyl (C=O) groups excluding carboxylic acids is 1. The molecule has 0 radical (unpaired) electrons. The molecule has 1 aliphatic carbocycles. The van der Waals surface area contributed by atoms with Gasteiger partial charge >= 0.3 is 0 Å². The Morgan fingerprint density at radius 3 is 2.75 bits per heavy atom. The minimum atomic E-state index is 0.811. The van der Waals surface area contributed by atoms with Crippen molar-refractivity contribution in [1.82, 2.24) is 0 Å². The number of hydrogen-bond acceptors (Lipinski definition) is 1. The summed E-state index contributed by atoms with van der Waals surface area (Å²) < 4.78 is 0. The average Bonchev–Trinajstić information content (AvgIpc) is 2.70. The number of hydrogen-bond donors (Lipinski definition) is 0. The van der Waals surface area contributed by atoms with Gasteiger partial charge in [-0.2, -0.15) is 0 Å². The van der Waals surface area contributed by atoms with Crippen LogP contribution in [-0.2, 0) is 6.42 Å². The predicted molar refractivity (Wildman–Crippen MR) is 64.8 cm³/mol. The Labute approximate surface area is 94.7 Å². The molecule has 1 heteroatoms. The van der Waals surface area contributed by atoms with Crippen molar-refractivity contribution in [1.29, 1.82) is 0 Å². The maximum Gasteiger partial charge on any atom is 0.150 e. The lowest BCUT2D eigenvalue weighted by Crippen LogP contribution is -1.91. The Kier molecular flexibility index (Phi) is 1.93. The van der Waals surface area contributed by atoms with E-state index in [0.717, 1.165) is 23.8 Å². The zero-order valence-electron chi connectivity index (χ0n) is 9.16. The number of benzene rings is 2. The molecule has 2 aromatic carbocycles. The van der Waals surface area contributed by atoms with E-state index in [1.807, 2.05) is 18.2 Å². The summed E-state index contributed by atoms with van der Waals surface area (Å²) in [6.07, 6.45) is 1.92. The summed E-state index contributed by atoms with van der Waals surface area (Å²) in [6.45, 7) is 2.11. The fourth-order valence-corrected chi connectivity index (χ4v) is 2.52. The highest BCUT2D eigenvalue weighted by molar-refractivity contribution is 5.93. The first kappa shape index (κ1) is 9.34. The summed E-state index contributed by atoms with van der Waals surface area (Å²) in [7, 11) is 0. The number of aldehydes is 1. The second-order valence-corrected chi connectivity index (χ2v) is 4.28. The number of fused-ring (bicyclic) bond motifs is 3. The molecule has 0 aromatic heterocycles. The second kappa shape index (κ2) is 3.31. The Morgan fingerprint density at radius 1 is 1.12 bits per heavy atom. The van der Waals surface area contributed by atoms with Crippen LogP contribution in [0.25, 0.3) is 11.1 Å². The van der Waals surface area contributed by atoms with Crippen LogP contribution in [0.15, 0.2) is 36.4 Å². The van der Waals surface area contributed by atoms with Crippen LogP contribution in [-0.4, -0.2) is 6.29 Å². The van der Waals surface area contributed by atoms with Crippen molar-refractivity contribution in [2.45, 2.75) is 13.3 Å². The molecule has 3 rings (SSSR count). The summed E-state index contributed by atoms with van der Waals surface area (Å²) in [5, 5.41) is 0. The van der Waals surface area contributed by atoms with E-state index in [1.54, 1.807) is 0 Å². The highest BCUT2D eigenvalue weighted by atomic mass is 16.1. The van der Waals surface area contributed by atoms with Gasteiger partial charge in [0.2, 0.25) is 0 Å². The van der Waals surface area contributed by atoms with Gasteiger partial charge in [-0.1, -0.05) is 36.4 Å². The van der Waals surface area contributed by atoms with Gasteiger partial charge in [0.15, 0.2) is 6.29 Å². The molecule has 0 amide bonds. The first-order chi connectivity index (χ1) is 7.81. The van der Waals surface area contributed by atoms with Crippen molar-refractivity contribution >= 4 is 6.29 Å². The molecular formula is C15H12O. The van der Waals surface area contributed by atoms with Gasteiger partial charge in [0, 0.05) is 5.56 Å². The molecule has 0 atom stereocenters. The van der Waals surface area contributed by atoms with Crippen molar-refractivity contribution in [3.8, 4) is 11.1 Å². The largest absolute Gasteiger partial charge is 0.298 e. The lowest BCUT2D eigenvalue weighted by atomic mass is 9.97. The van der Waals surface area contributed by atoms with Crippen molar-refractivity contribution in [3.63, 3.8) is 0 Å². The van der Waals surface area contributed by atoms with Gasteiger partial charge in [0.1, 0.15) is 0 Å². The van der Waals surface area contributed by atoms with Crippen molar-refractivity contribution in [2.75, 3.05) is 0 Å². The Hall–Kier alpha value is -1.89. The Morgan fingerprint density at radius 2 is 1.94 bits per heavy atom. The van der Waals surface area contributed by atoms with Crippen LogP contribution in [0.2, 0.25) is 0 Å². The van der Waals surface area contributed by atoms with Crippen molar-refractivity contribution < 1.29 is 4.79 Å². The zero-order chi connectivity index (χ0) is 11.1. The third-order valence-corrected chi connectivity index (χ3v) is 3.36. The van der Waals surface area contributed by atoms with E-state index in [1.165, 1.54) is 22.3 Å². The van der Waals surface area contributed by atoms with E-state index < -0.39 is 0 Å². The number of carbonyl (C=O) groups is 1. The van der Waals surface area contributed by atoms with E-state index >= 15 is 0 Å². The zero-order valence-corrected chi connectivity index (χ0v) is 9.16. The highest BCUT2D eigenvalue weighted by Crippen LogP contribution is 2.39. The highest BCUT2D eigenvalue weighted by Gasteiger charge is 2.21. The number of aryl methyl sites for hydroxylation is 1. The van der Waals surface area contributed by atoms with E-state index in [-0.39, 0.29) is 0 Å². The molecule has 0 saturated carbocycles. The molecule has 0 unspecified atom stereocenters. The van der Waals surface area contributed by atoms with Crippen LogP contribution in [0.1, 0.15) is 27.0 Å². The summed E-state index contributed by atoms with van der Waals surface area (Å²) >= 11 is 0. The van der Waals surface area contributed by atoms with Gasteiger partial charge in [0.25, 0.3) is 0 Å². The maximum absolute atomic E-state index is 11.1. The van der Waals surface area contributed by atoms with E-state index in [0.29, 0.717) is 0 Å². The van der Waals surface area contributed by atoms with Gasteiger partial charge < -0.3 is 0 Å². The van der Waals surface area contributed by atoms with E-state index in [2.05, 4.69) is 25.1 Å². The summed E-state index contributed by atoms with van der Waals surface area (Å²) in [5.41, 5.74) is 7.09. The van der Waals surface area contributed by atoms with Crippen LogP contribution in [0.3, 0.4) is 0 Å². The monoisotopic (exact) mass is 208 g/mol. The van der Waals surface area contributed by atoms with Crippen molar-refractivity contribution in [3.05, 3.63) is 58.7 Å². The average molecular weight is 208 g/mol. The maximum atomic E-state index is 11.1. The molecule has 0 saturated heterocycles. The Bertz CT molecular complexity index is 582. The van der Waals surface area contributed by atoms with Gasteiger partial charge in [0.05, 0.1) is 0 Å². The molecule has 1 aliphatic rings. The van der Waals surface area contributed by atoms with Gasteiger partial charge in [-0.15, -0.1) is 0 Å². The van der Waals surface area contributed by atoms with Crippen LogP contribution in [0.4, 0.5) is 0 Å². The van der Waals surface area contributed by atoms with E-state index in [9.17, 15) is 4.79 Å². The van der Waals surface area contributed by atoms with Crippen LogP contribution < -0.4 is 0 Å². The minimum Gasteiger partial charge on any atom is -0.298 e. The number of rotatable bonds is 1. The SMILES string of the molecule is Cc1ccc(C=O)c2c1Cc1ccccc1-2. The molecule has 0 bridgehead atoms. The molecule has 1 nitrogen and oxygen atoms in total. The quantitative estimate of drug-likeness (QED) is 0.560. The molecule has 0 N–H and O–H groups in total. The summed E-state index contributed by atoms with van der Waals surface area (Å²) in [6, 6.07) is 12.3. The third kappa shape index (κ3) is 1.15. The second-order valence-electron chi connectivity index (χ2n) is 4.28. The molecule has 2 aromatic rings. The molecule has 0 fully saturated rings. The van der Waals surface area contributed by atoms with Crippen molar-refractivity contribution in [2.24, 2.45) is 0 Å². The smallest absolute Gasteiger partial charge is 0.150 e. The van der Waals surface area contributed by atoms with Gasteiger partial charge in [-0.3, -0.25) is 4.79 Å². The van der Waals surface area contributed by atoms with Crippen LogP contribution in [0, 0.1) is 6.92 Å². The lowest BCUT2D eigenvalue weighted by molar-refractivity contribution is 0.112. The molecule has 78 valence electrons.